The van der Waals surface area contributed by atoms with Gasteiger partial charge in [0.1, 0.15) is 5.02 Å². The van der Waals surface area contributed by atoms with Crippen LogP contribution in [0.25, 0.3) is 0 Å². The minimum atomic E-state index is -1.95. The van der Waals surface area contributed by atoms with Crippen LogP contribution in [0.1, 0.15) is 37.7 Å². The summed E-state index contributed by atoms with van der Waals surface area (Å²) >= 11 is 5.15. The molecule has 1 fully saturated rings. The van der Waals surface area contributed by atoms with Crippen molar-refractivity contribution >= 4 is 17.6 Å². The highest BCUT2D eigenvalue weighted by molar-refractivity contribution is 6.30. The van der Waals surface area contributed by atoms with Gasteiger partial charge in [0.05, 0.1) is 5.41 Å². The normalized spacial score (nSPS) is 18.1. The van der Waals surface area contributed by atoms with Gasteiger partial charge >= 0.3 is 5.97 Å². The molecule has 0 amide bonds. The molecule has 1 aliphatic rings. The molecule has 1 N–H and O–H groups in total. The molecule has 1 aliphatic carbocycles. The first kappa shape index (κ1) is 15.1. The topological polar surface area (TPSA) is 37.3 Å². The van der Waals surface area contributed by atoms with E-state index in [0.29, 0.717) is 19.3 Å². The van der Waals surface area contributed by atoms with E-state index >= 15 is 0 Å². The minimum Gasteiger partial charge on any atom is -0.481 e. The number of aliphatic carboxylic acids is 1. The molecular formula is C13H11ClF4O2. The summed E-state index contributed by atoms with van der Waals surface area (Å²) in [6.45, 7) is 0. The molecule has 0 spiro atoms. The highest BCUT2D eigenvalue weighted by atomic mass is 35.5. The lowest BCUT2D eigenvalue weighted by molar-refractivity contribution is -0.145. The van der Waals surface area contributed by atoms with E-state index in [1.165, 1.54) is 0 Å². The Morgan fingerprint density at radius 3 is 1.80 bits per heavy atom. The Hall–Kier alpha value is -1.30. The Morgan fingerprint density at radius 1 is 0.950 bits per heavy atom. The van der Waals surface area contributed by atoms with Gasteiger partial charge in [0.15, 0.2) is 23.3 Å². The SMILES string of the molecule is O=C(O)C1(c2c(F)c(F)c(Cl)c(F)c2F)CCCCC1. The van der Waals surface area contributed by atoms with Crippen LogP contribution in [0.4, 0.5) is 17.6 Å². The van der Waals surface area contributed by atoms with Gasteiger partial charge in [-0.3, -0.25) is 4.79 Å². The quantitative estimate of drug-likeness (QED) is 0.505. The first-order valence-corrected chi connectivity index (χ1v) is 6.46. The molecule has 0 saturated heterocycles. The molecule has 0 atom stereocenters. The van der Waals surface area contributed by atoms with E-state index in [9.17, 15) is 27.5 Å². The van der Waals surface area contributed by atoms with E-state index in [-0.39, 0.29) is 12.8 Å². The van der Waals surface area contributed by atoms with Crippen LogP contribution in [0.15, 0.2) is 0 Å². The van der Waals surface area contributed by atoms with Crippen molar-refractivity contribution in [3.63, 3.8) is 0 Å². The summed E-state index contributed by atoms with van der Waals surface area (Å²) in [6, 6.07) is 0. The largest absolute Gasteiger partial charge is 0.481 e. The molecule has 0 radical (unpaired) electrons. The highest BCUT2D eigenvalue weighted by Gasteiger charge is 2.47. The zero-order chi connectivity index (χ0) is 15.1. The molecule has 1 aromatic rings. The van der Waals surface area contributed by atoms with Crippen molar-refractivity contribution in [3.8, 4) is 0 Å². The second-order valence-electron chi connectivity index (χ2n) is 4.89. The van der Waals surface area contributed by atoms with Crippen LogP contribution >= 0.6 is 11.6 Å². The molecule has 7 heteroatoms. The Kier molecular flexibility index (Phi) is 3.95. The van der Waals surface area contributed by atoms with E-state index in [1.807, 2.05) is 0 Å². The second-order valence-corrected chi connectivity index (χ2v) is 5.27. The maximum Gasteiger partial charge on any atom is 0.314 e. The van der Waals surface area contributed by atoms with E-state index in [0.717, 1.165) is 0 Å². The minimum absolute atomic E-state index is 0.0727. The molecule has 0 bridgehead atoms. The van der Waals surface area contributed by atoms with Crippen LogP contribution in [-0.2, 0) is 10.2 Å². The Bertz CT molecular complexity index is 539. The first-order chi connectivity index (χ1) is 9.33. The Labute approximate surface area is 117 Å². The summed E-state index contributed by atoms with van der Waals surface area (Å²) in [5.41, 5.74) is -3.01. The zero-order valence-corrected chi connectivity index (χ0v) is 11.0. The molecule has 0 aliphatic heterocycles. The van der Waals surface area contributed by atoms with E-state index in [2.05, 4.69) is 0 Å². The molecule has 110 valence electrons. The van der Waals surface area contributed by atoms with E-state index < -0.39 is 45.2 Å². The fourth-order valence-electron chi connectivity index (χ4n) is 2.75. The van der Waals surface area contributed by atoms with Crippen LogP contribution < -0.4 is 0 Å². The number of hydrogen-bond donors (Lipinski definition) is 1. The van der Waals surface area contributed by atoms with Gasteiger partial charge in [-0.25, -0.2) is 17.6 Å². The molecular weight excluding hydrogens is 300 g/mol. The summed E-state index contributed by atoms with van der Waals surface area (Å²) < 4.78 is 55.0. The third-order valence-corrected chi connectivity index (χ3v) is 4.14. The van der Waals surface area contributed by atoms with Crippen molar-refractivity contribution in [2.24, 2.45) is 0 Å². The zero-order valence-electron chi connectivity index (χ0n) is 10.3. The maximum atomic E-state index is 14.0. The average Bonchev–Trinajstić information content (AvgIpc) is 2.44. The second kappa shape index (κ2) is 5.24. The van der Waals surface area contributed by atoms with Gasteiger partial charge in [0.25, 0.3) is 0 Å². The van der Waals surface area contributed by atoms with Gasteiger partial charge in [0, 0.05) is 5.56 Å². The highest BCUT2D eigenvalue weighted by Crippen LogP contribution is 2.44. The molecule has 0 heterocycles. The van der Waals surface area contributed by atoms with Gasteiger partial charge in [-0.2, -0.15) is 0 Å². The first-order valence-electron chi connectivity index (χ1n) is 6.08. The third kappa shape index (κ3) is 2.06. The van der Waals surface area contributed by atoms with Crippen molar-refractivity contribution in [1.29, 1.82) is 0 Å². The predicted octanol–water partition coefficient (Wildman–Crippen LogP) is 4.18. The molecule has 2 nitrogen and oxygen atoms in total. The molecule has 1 saturated carbocycles. The molecule has 2 rings (SSSR count). The number of benzene rings is 1. The van der Waals surface area contributed by atoms with Crippen molar-refractivity contribution in [2.45, 2.75) is 37.5 Å². The molecule has 0 aromatic heterocycles. The summed E-state index contributed by atoms with van der Waals surface area (Å²) in [7, 11) is 0. The number of rotatable bonds is 2. The lowest BCUT2D eigenvalue weighted by Gasteiger charge is -2.34. The van der Waals surface area contributed by atoms with Crippen molar-refractivity contribution in [2.75, 3.05) is 0 Å². The maximum absolute atomic E-state index is 14.0. The van der Waals surface area contributed by atoms with Gasteiger partial charge < -0.3 is 5.11 Å². The summed E-state index contributed by atoms with van der Waals surface area (Å²) in [4.78, 5) is 11.5. The van der Waals surface area contributed by atoms with Crippen LogP contribution in [-0.4, -0.2) is 11.1 Å². The monoisotopic (exact) mass is 310 g/mol. The third-order valence-electron chi connectivity index (χ3n) is 3.80. The average molecular weight is 311 g/mol. The van der Waals surface area contributed by atoms with Crippen molar-refractivity contribution in [3.05, 3.63) is 33.9 Å². The number of halogens is 5. The lowest BCUT2D eigenvalue weighted by atomic mass is 9.69. The summed E-state index contributed by atoms with van der Waals surface area (Å²) in [5.74, 6) is -8.45. The van der Waals surface area contributed by atoms with Crippen LogP contribution in [0.2, 0.25) is 5.02 Å². The molecule has 20 heavy (non-hydrogen) atoms. The number of hydrogen-bond acceptors (Lipinski definition) is 1. The molecule has 0 unspecified atom stereocenters. The van der Waals surface area contributed by atoms with E-state index in [1.54, 1.807) is 0 Å². The van der Waals surface area contributed by atoms with Gasteiger partial charge in [0.2, 0.25) is 0 Å². The summed E-state index contributed by atoms with van der Waals surface area (Å²) in [6.07, 6.45) is 1.39. The Morgan fingerprint density at radius 2 is 1.40 bits per heavy atom. The lowest BCUT2D eigenvalue weighted by Crippen LogP contribution is -2.40. The van der Waals surface area contributed by atoms with Crippen molar-refractivity contribution < 1.29 is 27.5 Å². The van der Waals surface area contributed by atoms with E-state index in [4.69, 9.17) is 11.6 Å². The van der Waals surface area contributed by atoms with Crippen molar-refractivity contribution in [1.82, 2.24) is 0 Å². The smallest absolute Gasteiger partial charge is 0.314 e. The Balaban J connectivity index is 2.75. The van der Waals surface area contributed by atoms with Crippen LogP contribution in [0, 0.1) is 23.3 Å². The number of carboxylic acid groups (broad SMARTS) is 1. The fourth-order valence-corrected chi connectivity index (χ4v) is 2.92. The van der Waals surface area contributed by atoms with Crippen LogP contribution in [0.5, 0.6) is 0 Å². The predicted molar refractivity (Wildman–Crippen MR) is 63.7 cm³/mol. The molecule has 1 aromatic carbocycles. The van der Waals surface area contributed by atoms with Gasteiger partial charge in [-0.1, -0.05) is 30.9 Å². The fraction of sp³-hybridized carbons (Fsp3) is 0.462. The summed E-state index contributed by atoms with van der Waals surface area (Å²) in [5, 5.41) is 8.03. The number of carboxylic acids is 1. The number of carbonyl (C=O) groups is 1. The van der Waals surface area contributed by atoms with Gasteiger partial charge in [-0.15, -0.1) is 0 Å². The standard InChI is InChI=1S/C13H11ClF4O2/c14-7-10(17)8(15)6(9(16)11(7)18)13(12(19)20)4-2-1-3-5-13/h1-5H2,(H,19,20). The van der Waals surface area contributed by atoms with Gasteiger partial charge in [-0.05, 0) is 12.8 Å². The van der Waals surface area contributed by atoms with Crippen LogP contribution in [0.3, 0.4) is 0 Å².